The first-order valence-corrected chi connectivity index (χ1v) is 7.88. The second kappa shape index (κ2) is 7.33. The Labute approximate surface area is 125 Å². The minimum absolute atomic E-state index is 0.0363. The number of aryl methyl sites for hydroxylation is 1. The Morgan fingerprint density at radius 1 is 1.24 bits per heavy atom. The number of imide groups is 1. The van der Waals surface area contributed by atoms with Crippen molar-refractivity contribution in [3.8, 4) is 0 Å². The van der Waals surface area contributed by atoms with Gasteiger partial charge >= 0.3 is 0 Å². The molecule has 0 aromatic carbocycles. The Morgan fingerprint density at radius 2 is 2.05 bits per heavy atom. The van der Waals surface area contributed by atoms with Crippen molar-refractivity contribution in [1.82, 2.24) is 19.9 Å². The average Bonchev–Trinajstić information content (AvgIpc) is 3.02. The van der Waals surface area contributed by atoms with Crippen molar-refractivity contribution in [2.24, 2.45) is 5.92 Å². The van der Waals surface area contributed by atoms with Gasteiger partial charge in [-0.25, -0.2) is 0 Å². The lowest BCUT2D eigenvalue weighted by atomic mass is 10.1. The smallest absolute Gasteiger partial charge is 0.232 e. The van der Waals surface area contributed by atoms with E-state index in [0.717, 1.165) is 25.0 Å². The maximum Gasteiger partial charge on any atom is 0.232 e. The lowest BCUT2D eigenvalue weighted by Gasteiger charge is -2.14. The quantitative estimate of drug-likeness (QED) is 0.541. The normalized spacial score (nSPS) is 18.8. The van der Waals surface area contributed by atoms with Crippen LogP contribution in [0.15, 0.2) is 6.20 Å². The highest BCUT2D eigenvalue weighted by Gasteiger charge is 2.36. The molecule has 6 nitrogen and oxygen atoms in total. The van der Waals surface area contributed by atoms with Crippen LogP contribution in [0.2, 0.25) is 0 Å². The summed E-state index contributed by atoms with van der Waals surface area (Å²) in [6.07, 6.45) is 7.44. The third-order valence-corrected chi connectivity index (χ3v) is 4.01. The van der Waals surface area contributed by atoms with Gasteiger partial charge in [-0.2, -0.15) is 0 Å². The first-order chi connectivity index (χ1) is 10.2. The second-order valence-corrected chi connectivity index (χ2v) is 5.62. The van der Waals surface area contributed by atoms with Crippen LogP contribution in [-0.4, -0.2) is 38.3 Å². The SMILES string of the molecule is CCCCCc1cn(CCN2C(=O)CC(CC)C2=O)nn1. The zero-order chi connectivity index (χ0) is 15.2. The van der Waals surface area contributed by atoms with Crippen molar-refractivity contribution < 1.29 is 9.59 Å². The number of nitrogens with zero attached hydrogens (tertiary/aromatic N) is 4. The molecule has 0 saturated carbocycles. The van der Waals surface area contributed by atoms with Gasteiger partial charge < -0.3 is 0 Å². The largest absolute Gasteiger partial charge is 0.280 e. The molecule has 0 spiro atoms. The summed E-state index contributed by atoms with van der Waals surface area (Å²) >= 11 is 0. The molecule has 0 aliphatic carbocycles. The Hall–Kier alpha value is -1.72. The van der Waals surface area contributed by atoms with Crippen LogP contribution in [0.25, 0.3) is 0 Å². The molecule has 1 aromatic rings. The Morgan fingerprint density at radius 3 is 2.71 bits per heavy atom. The fourth-order valence-corrected chi connectivity index (χ4v) is 2.63. The third kappa shape index (κ3) is 3.89. The van der Waals surface area contributed by atoms with Crippen molar-refractivity contribution in [2.45, 2.75) is 58.9 Å². The van der Waals surface area contributed by atoms with Gasteiger partial charge in [0.15, 0.2) is 0 Å². The molecule has 2 heterocycles. The standard InChI is InChI=1S/C15H24N4O2/c1-3-5-6-7-13-11-18(17-16-13)8-9-19-14(20)10-12(4-2)15(19)21/h11-12H,3-10H2,1-2H3. The molecule has 1 fully saturated rings. The Balaban J connectivity index is 1.83. The van der Waals surface area contributed by atoms with Gasteiger partial charge in [0, 0.05) is 25.1 Å². The molecule has 2 rings (SSSR count). The van der Waals surface area contributed by atoms with Gasteiger partial charge in [0.1, 0.15) is 0 Å². The van der Waals surface area contributed by atoms with Gasteiger partial charge in [0.05, 0.1) is 12.2 Å². The van der Waals surface area contributed by atoms with Gasteiger partial charge in [-0.15, -0.1) is 5.10 Å². The van der Waals surface area contributed by atoms with Gasteiger partial charge in [0.2, 0.25) is 11.8 Å². The van der Waals surface area contributed by atoms with E-state index in [4.69, 9.17) is 0 Å². The summed E-state index contributed by atoms with van der Waals surface area (Å²) in [5, 5.41) is 8.19. The summed E-state index contributed by atoms with van der Waals surface area (Å²) in [6, 6.07) is 0. The number of rotatable bonds is 8. The highest BCUT2D eigenvalue weighted by atomic mass is 16.2. The number of hydrogen-bond donors (Lipinski definition) is 0. The summed E-state index contributed by atoms with van der Waals surface area (Å²) in [5.41, 5.74) is 0.981. The van der Waals surface area contributed by atoms with Gasteiger partial charge in [0.25, 0.3) is 0 Å². The summed E-state index contributed by atoms with van der Waals surface area (Å²) in [4.78, 5) is 25.2. The molecule has 0 bridgehead atoms. The summed E-state index contributed by atoms with van der Waals surface area (Å²) < 4.78 is 1.72. The number of hydrogen-bond acceptors (Lipinski definition) is 4. The third-order valence-electron chi connectivity index (χ3n) is 4.01. The lowest BCUT2D eigenvalue weighted by molar-refractivity contribution is -0.139. The number of aromatic nitrogens is 3. The number of carbonyl (C=O) groups is 2. The van der Waals surface area contributed by atoms with E-state index in [1.165, 1.54) is 17.7 Å². The van der Waals surface area contributed by atoms with Crippen molar-refractivity contribution in [3.05, 3.63) is 11.9 Å². The molecular weight excluding hydrogens is 268 g/mol. The van der Waals surface area contributed by atoms with E-state index >= 15 is 0 Å². The van der Waals surface area contributed by atoms with E-state index in [2.05, 4.69) is 17.2 Å². The molecule has 116 valence electrons. The molecule has 2 amide bonds. The van der Waals surface area contributed by atoms with Crippen LogP contribution in [-0.2, 0) is 22.6 Å². The predicted molar refractivity (Wildman–Crippen MR) is 78.4 cm³/mol. The molecular formula is C15H24N4O2. The van der Waals surface area contributed by atoms with Gasteiger partial charge in [-0.3, -0.25) is 19.2 Å². The molecule has 6 heteroatoms. The van der Waals surface area contributed by atoms with E-state index < -0.39 is 0 Å². The van der Waals surface area contributed by atoms with Crippen LogP contribution in [0, 0.1) is 5.92 Å². The van der Waals surface area contributed by atoms with Crippen LogP contribution < -0.4 is 0 Å². The van der Waals surface area contributed by atoms with Crippen LogP contribution in [0.3, 0.4) is 0 Å². The van der Waals surface area contributed by atoms with Crippen molar-refractivity contribution >= 4 is 11.8 Å². The monoisotopic (exact) mass is 292 g/mol. The number of unbranched alkanes of at least 4 members (excludes halogenated alkanes) is 2. The molecule has 1 unspecified atom stereocenters. The Kier molecular flexibility index (Phi) is 5.47. The molecule has 1 aliphatic rings. The zero-order valence-electron chi connectivity index (χ0n) is 12.9. The fourth-order valence-electron chi connectivity index (χ4n) is 2.63. The highest BCUT2D eigenvalue weighted by Crippen LogP contribution is 2.21. The van der Waals surface area contributed by atoms with E-state index in [0.29, 0.717) is 19.5 Å². The van der Waals surface area contributed by atoms with E-state index in [9.17, 15) is 9.59 Å². The first kappa shape index (κ1) is 15.7. The van der Waals surface area contributed by atoms with Crippen molar-refractivity contribution in [1.29, 1.82) is 0 Å². The number of amides is 2. The van der Waals surface area contributed by atoms with Crippen LogP contribution >= 0.6 is 0 Å². The van der Waals surface area contributed by atoms with E-state index in [1.807, 2.05) is 13.1 Å². The Bertz CT molecular complexity index is 498. The van der Waals surface area contributed by atoms with Crippen molar-refractivity contribution in [2.75, 3.05) is 6.54 Å². The van der Waals surface area contributed by atoms with E-state index in [1.54, 1.807) is 4.68 Å². The molecule has 1 atom stereocenters. The minimum Gasteiger partial charge on any atom is -0.280 e. The maximum absolute atomic E-state index is 12.0. The zero-order valence-corrected chi connectivity index (χ0v) is 12.9. The fraction of sp³-hybridized carbons (Fsp3) is 0.733. The predicted octanol–water partition coefficient (Wildman–Crippen LogP) is 1.80. The molecule has 1 aromatic heterocycles. The second-order valence-electron chi connectivity index (χ2n) is 5.62. The summed E-state index contributed by atoms with van der Waals surface area (Å²) in [6.45, 7) is 5.03. The van der Waals surface area contributed by atoms with Crippen molar-refractivity contribution in [3.63, 3.8) is 0 Å². The van der Waals surface area contributed by atoms with E-state index in [-0.39, 0.29) is 17.7 Å². The summed E-state index contributed by atoms with van der Waals surface area (Å²) in [5.74, 6) is -0.223. The lowest BCUT2D eigenvalue weighted by Crippen LogP contribution is -2.33. The summed E-state index contributed by atoms with van der Waals surface area (Å²) in [7, 11) is 0. The highest BCUT2D eigenvalue weighted by molar-refractivity contribution is 6.03. The first-order valence-electron chi connectivity index (χ1n) is 7.88. The molecule has 0 N–H and O–H groups in total. The van der Waals surface area contributed by atoms with Crippen LogP contribution in [0.4, 0.5) is 0 Å². The van der Waals surface area contributed by atoms with Gasteiger partial charge in [-0.05, 0) is 19.3 Å². The molecule has 1 aliphatic heterocycles. The van der Waals surface area contributed by atoms with Gasteiger partial charge in [-0.1, -0.05) is 31.9 Å². The number of likely N-dealkylation sites (tertiary alicyclic amines) is 1. The number of carbonyl (C=O) groups excluding carboxylic acids is 2. The topological polar surface area (TPSA) is 68.1 Å². The molecule has 21 heavy (non-hydrogen) atoms. The minimum atomic E-state index is -0.127. The average molecular weight is 292 g/mol. The molecule has 1 saturated heterocycles. The van der Waals surface area contributed by atoms with Crippen LogP contribution in [0.5, 0.6) is 0 Å². The van der Waals surface area contributed by atoms with Crippen LogP contribution in [0.1, 0.15) is 51.6 Å². The maximum atomic E-state index is 12.0. The molecule has 0 radical (unpaired) electrons.